The number of rotatable bonds is 4. The van der Waals surface area contributed by atoms with Gasteiger partial charge in [0.15, 0.2) is 9.84 Å². The maximum absolute atomic E-state index is 13.1. The molecule has 0 aromatic heterocycles. The number of imide groups is 1. The lowest BCUT2D eigenvalue weighted by Gasteiger charge is -2.23. The normalized spacial score (nSPS) is 17.8. The highest BCUT2D eigenvalue weighted by Crippen LogP contribution is 2.24. The fourth-order valence-corrected chi connectivity index (χ4v) is 6.07. The highest BCUT2D eigenvalue weighted by molar-refractivity contribution is 7.93. The van der Waals surface area contributed by atoms with Gasteiger partial charge < -0.3 is 5.32 Å². The van der Waals surface area contributed by atoms with Gasteiger partial charge in [-0.2, -0.15) is 4.31 Å². The first-order chi connectivity index (χ1) is 14.1. The summed E-state index contributed by atoms with van der Waals surface area (Å²) in [6, 6.07) is 10.8. The molecule has 11 heteroatoms. The zero-order valence-corrected chi connectivity index (χ0v) is 17.7. The molecule has 1 unspecified atom stereocenters. The number of carbonyl (C=O) groups is 2. The van der Waals surface area contributed by atoms with Crippen LogP contribution < -0.4 is 14.9 Å². The number of hydrogen-bond donors (Lipinski definition) is 2. The van der Waals surface area contributed by atoms with Crippen LogP contribution in [0.3, 0.4) is 0 Å². The predicted molar refractivity (Wildman–Crippen MR) is 111 cm³/mol. The summed E-state index contributed by atoms with van der Waals surface area (Å²) < 4.78 is 49.8. The SMILES string of the molecule is Cc1ccc(N(C(=O)NC(=O)NC2CCS(=O)(=O)C2)S(=O)(=O)c2ccccc2)cc1. The van der Waals surface area contributed by atoms with Gasteiger partial charge in [0.2, 0.25) is 0 Å². The van der Waals surface area contributed by atoms with Crippen molar-refractivity contribution in [3.8, 4) is 0 Å². The van der Waals surface area contributed by atoms with Gasteiger partial charge in [-0.05, 0) is 37.6 Å². The van der Waals surface area contributed by atoms with Gasteiger partial charge in [0.25, 0.3) is 10.0 Å². The molecule has 0 aliphatic carbocycles. The van der Waals surface area contributed by atoms with Gasteiger partial charge >= 0.3 is 12.1 Å². The van der Waals surface area contributed by atoms with E-state index in [4.69, 9.17) is 0 Å². The molecule has 1 fully saturated rings. The number of amides is 4. The maximum Gasteiger partial charge on any atom is 0.344 e. The van der Waals surface area contributed by atoms with Gasteiger partial charge in [-0.1, -0.05) is 35.9 Å². The van der Waals surface area contributed by atoms with Gasteiger partial charge in [-0.25, -0.2) is 26.4 Å². The number of nitrogens with one attached hydrogen (secondary N) is 2. The van der Waals surface area contributed by atoms with E-state index in [0.29, 0.717) is 4.31 Å². The molecule has 2 N–H and O–H groups in total. The molecule has 0 bridgehead atoms. The Balaban J connectivity index is 1.86. The molecule has 0 spiro atoms. The third-order valence-electron chi connectivity index (χ3n) is 4.52. The van der Waals surface area contributed by atoms with Crippen LogP contribution in [0.4, 0.5) is 15.3 Å². The van der Waals surface area contributed by atoms with Gasteiger partial charge in [0, 0.05) is 6.04 Å². The van der Waals surface area contributed by atoms with Crippen LogP contribution in [-0.4, -0.2) is 46.4 Å². The molecule has 1 aliphatic heterocycles. The maximum atomic E-state index is 13.1. The van der Waals surface area contributed by atoms with Crippen molar-refractivity contribution in [3.05, 3.63) is 60.2 Å². The summed E-state index contributed by atoms with van der Waals surface area (Å²) in [6.07, 6.45) is 0.230. The fraction of sp³-hybridized carbons (Fsp3) is 0.263. The van der Waals surface area contributed by atoms with Crippen LogP contribution in [0.15, 0.2) is 59.5 Å². The van der Waals surface area contributed by atoms with Gasteiger partial charge in [0.1, 0.15) is 0 Å². The van der Waals surface area contributed by atoms with E-state index in [0.717, 1.165) is 5.56 Å². The number of anilines is 1. The molecule has 1 atom stereocenters. The number of hydrogen-bond acceptors (Lipinski definition) is 6. The zero-order chi connectivity index (χ0) is 21.9. The summed E-state index contributed by atoms with van der Waals surface area (Å²) in [4.78, 5) is 24.9. The van der Waals surface area contributed by atoms with E-state index in [-0.39, 0.29) is 28.5 Å². The van der Waals surface area contributed by atoms with Crippen molar-refractivity contribution in [1.82, 2.24) is 10.6 Å². The van der Waals surface area contributed by atoms with Crippen molar-refractivity contribution >= 4 is 37.6 Å². The van der Waals surface area contributed by atoms with E-state index in [9.17, 15) is 26.4 Å². The molecule has 160 valence electrons. The van der Waals surface area contributed by atoms with Crippen LogP contribution in [0.25, 0.3) is 0 Å². The summed E-state index contributed by atoms with van der Waals surface area (Å²) in [7, 11) is -7.54. The van der Waals surface area contributed by atoms with Crippen LogP contribution >= 0.6 is 0 Å². The standard InChI is InChI=1S/C19H21N3O6S2/c1-14-7-9-16(10-8-14)22(30(27,28)17-5-3-2-4-6-17)19(24)21-18(23)20-15-11-12-29(25,26)13-15/h2-10,15H,11-13H2,1H3,(H2,20,21,23,24). The average Bonchev–Trinajstić information content (AvgIpc) is 3.02. The Morgan fingerprint density at radius 2 is 1.67 bits per heavy atom. The minimum atomic E-state index is -4.31. The molecule has 1 saturated heterocycles. The Hall–Kier alpha value is -2.92. The molecule has 9 nitrogen and oxygen atoms in total. The highest BCUT2D eigenvalue weighted by atomic mass is 32.2. The lowest BCUT2D eigenvalue weighted by atomic mass is 10.2. The van der Waals surface area contributed by atoms with Crippen molar-refractivity contribution in [2.24, 2.45) is 0 Å². The van der Waals surface area contributed by atoms with Crippen molar-refractivity contribution in [2.45, 2.75) is 24.3 Å². The first-order valence-corrected chi connectivity index (χ1v) is 12.3. The van der Waals surface area contributed by atoms with Crippen molar-refractivity contribution in [1.29, 1.82) is 0 Å². The van der Waals surface area contributed by atoms with Crippen LogP contribution in [0, 0.1) is 6.92 Å². The topological polar surface area (TPSA) is 130 Å². The Labute approximate surface area is 175 Å². The van der Waals surface area contributed by atoms with Gasteiger partial charge in [-0.3, -0.25) is 5.32 Å². The number of aryl methyl sites for hydroxylation is 1. The first-order valence-electron chi connectivity index (χ1n) is 9.07. The molecule has 0 saturated carbocycles. The van der Waals surface area contributed by atoms with E-state index in [1.807, 2.05) is 12.2 Å². The summed E-state index contributed by atoms with van der Waals surface area (Å²) in [5, 5.41) is 4.39. The van der Waals surface area contributed by atoms with Crippen molar-refractivity contribution < 1.29 is 26.4 Å². The number of sulfonamides is 1. The monoisotopic (exact) mass is 451 g/mol. The predicted octanol–water partition coefficient (Wildman–Crippen LogP) is 1.80. The number of sulfone groups is 1. The molecular weight excluding hydrogens is 430 g/mol. The minimum Gasteiger partial charge on any atom is -0.334 e. The molecule has 4 amide bonds. The Morgan fingerprint density at radius 3 is 2.23 bits per heavy atom. The molecule has 0 radical (unpaired) electrons. The molecule has 2 aromatic carbocycles. The number of carbonyl (C=O) groups excluding carboxylic acids is 2. The van der Waals surface area contributed by atoms with E-state index in [2.05, 4.69) is 5.32 Å². The van der Waals surface area contributed by atoms with Gasteiger partial charge in [-0.15, -0.1) is 0 Å². The van der Waals surface area contributed by atoms with Crippen molar-refractivity contribution in [2.75, 3.05) is 15.8 Å². The van der Waals surface area contributed by atoms with E-state index < -0.39 is 38.0 Å². The first kappa shape index (κ1) is 21.8. The number of benzene rings is 2. The second-order valence-corrected chi connectivity index (χ2v) is 10.9. The smallest absolute Gasteiger partial charge is 0.334 e. The van der Waals surface area contributed by atoms with Crippen LogP contribution in [-0.2, 0) is 19.9 Å². The summed E-state index contributed by atoms with van der Waals surface area (Å²) in [6.45, 7) is 1.81. The van der Waals surface area contributed by atoms with E-state index in [1.54, 1.807) is 18.2 Å². The number of nitrogens with zero attached hydrogens (tertiary/aromatic N) is 1. The quantitative estimate of drug-likeness (QED) is 0.729. The highest BCUT2D eigenvalue weighted by Gasteiger charge is 2.33. The Kier molecular flexibility index (Phi) is 6.13. The number of urea groups is 2. The van der Waals surface area contributed by atoms with Crippen molar-refractivity contribution in [3.63, 3.8) is 0 Å². The largest absolute Gasteiger partial charge is 0.344 e. The molecular formula is C19H21N3O6S2. The Bertz CT molecular complexity index is 1150. The minimum absolute atomic E-state index is 0.0518. The molecule has 1 heterocycles. The molecule has 3 rings (SSSR count). The van der Waals surface area contributed by atoms with Gasteiger partial charge in [0.05, 0.1) is 22.1 Å². The summed E-state index contributed by atoms with van der Waals surface area (Å²) >= 11 is 0. The molecule has 30 heavy (non-hydrogen) atoms. The third kappa shape index (κ3) is 4.97. The molecule has 1 aliphatic rings. The average molecular weight is 452 g/mol. The van der Waals surface area contributed by atoms with Crippen LogP contribution in [0.1, 0.15) is 12.0 Å². The summed E-state index contributed by atoms with van der Waals surface area (Å²) in [5.41, 5.74) is 0.912. The lowest BCUT2D eigenvalue weighted by molar-refractivity contribution is 0.230. The molecule has 2 aromatic rings. The lowest BCUT2D eigenvalue weighted by Crippen LogP contribution is -2.51. The second kappa shape index (κ2) is 8.44. The van der Waals surface area contributed by atoms with E-state index in [1.165, 1.54) is 36.4 Å². The third-order valence-corrected chi connectivity index (χ3v) is 8.02. The Morgan fingerprint density at radius 1 is 1.03 bits per heavy atom. The van der Waals surface area contributed by atoms with Crippen LogP contribution in [0.5, 0.6) is 0 Å². The summed E-state index contributed by atoms with van der Waals surface area (Å²) in [5.74, 6) is -0.275. The second-order valence-electron chi connectivity index (χ2n) is 6.92. The zero-order valence-electron chi connectivity index (χ0n) is 16.1. The fourth-order valence-electron chi connectivity index (χ4n) is 3.02. The van der Waals surface area contributed by atoms with Crippen LogP contribution in [0.2, 0.25) is 0 Å². The van der Waals surface area contributed by atoms with E-state index >= 15 is 0 Å².